The van der Waals surface area contributed by atoms with E-state index in [9.17, 15) is 13.2 Å². The number of pyridine rings is 1. The number of rotatable bonds is 2. The smallest absolute Gasteiger partial charge is 0.268 e. The van der Waals surface area contributed by atoms with E-state index in [-0.39, 0.29) is 16.8 Å². The molecule has 0 aliphatic rings. The van der Waals surface area contributed by atoms with E-state index in [4.69, 9.17) is 5.73 Å². The van der Waals surface area contributed by atoms with E-state index in [2.05, 4.69) is 20.9 Å². The summed E-state index contributed by atoms with van der Waals surface area (Å²) in [5.41, 5.74) is 4.30. The lowest BCUT2D eigenvalue weighted by atomic mass is 10.2. The summed E-state index contributed by atoms with van der Waals surface area (Å²) in [6, 6.07) is 0.890. The van der Waals surface area contributed by atoms with Crippen LogP contribution in [0.25, 0.3) is 0 Å². The zero-order valence-electron chi connectivity index (χ0n) is 6.40. The standard InChI is InChI=1S/C7H6BrF3N2/c8-5-1-3(9)6(7(10)11)4(2-12)13-5/h1,7H,2,12H2. The molecule has 0 saturated carbocycles. The molecule has 0 saturated heterocycles. The Hall–Kier alpha value is -0.620. The van der Waals surface area contributed by atoms with Gasteiger partial charge in [0.2, 0.25) is 0 Å². The SMILES string of the molecule is NCc1nc(Br)cc(F)c1C(F)F. The number of alkyl halides is 2. The van der Waals surface area contributed by atoms with E-state index in [1.54, 1.807) is 0 Å². The largest absolute Gasteiger partial charge is 0.325 e. The molecule has 13 heavy (non-hydrogen) atoms. The van der Waals surface area contributed by atoms with Gasteiger partial charge in [-0.15, -0.1) is 0 Å². The van der Waals surface area contributed by atoms with Crippen molar-refractivity contribution in [1.29, 1.82) is 0 Å². The molecule has 0 bridgehead atoms. The predicted octanol–water partition coefficient (Wildman–Crippen LogP) is 2.38. The van der Waals surface area contributed by atoms with Gasteiger partial charge in [-0.05, 0) is 15.9 Å². The average molecular weight is 255 g/mol. The monoisotopic (exact) mass is 254 g/mol. The zero-order chi connectivity index (χ0) is 10.0. The van der Waals surface area contributed by atoms with Gasteiger partial charge in [0.15, 0.2) is 0 Å². The molecule has 2 nitrogen and oxygen atoms in total. The van der Waals surface area contributed by atoms with Gasteiger partial charge in [-0.2, -0.15) is 0 Å². The summed E-state index contributed by atoms with van der Waals surface area (Å²) in [7, 11) is 0. The minimum absolute atomic E-state index is 0.123. The van der Waals surface area contributed by atoms with Crippen molar-refractivity contribution in [1.82, 2.24) is 4.98 Å². The fraction of sp³-hybridized carbons (Fsp3) is 0.286. The Bertz CT molecular complexity index is 317. The summed E-state index contributed by atoms with van der Waals surface area (Å²) in [4.78, 5) is 3.65. The molecule has 0 radical (unpaired) electrons. The molecule has 1 aromatic heterocycles. The molecule has 1 aromatic rings. The molecule has 2 N–H and O–H groups in total. The van der Waals surface area contributed by atoms with Crippen molar-refractivity contribution in [2.45, 2.75) is 13.0 Å². The van der Waals surface area contributed by atoms with Gasteiger partial charge in [0.25, 0.3) is 6.43 Å². The summed E-state index contributed by atoms with van der Waals surface area (Å²) in [5, 5.41) is 0. The number of nitrogens with zero attached hydrogens (tertiary/aromatic N) is 1. The van der Waals surface area contributed by atoms with Gasteiger partial charge in [0.05, 0.1) is 11.3 Å². The lowest BCUT2D eigenvalue weighted by Crippen LogP contribution is -2.07. The highest BCUT2D eigenvalue weighted by Crippen LogP contribution is 2.26. The first-order chi connectivity index (χ1) is 6.06. The van der Waals surface area contributed by atoms with Crippen LogP contribution in [0, 0.1) is 5.82 Å². The summed E-state index contributed by atoms with van der Waals surface area (Å²) in [6.45, 7) is -0.212. The third-order valence-corrected chi connectivity index (χ3v) is 1.87. The van der Waals surface area contributed by atoms with Crippen LogP contribution in [0.4, 0.5) is 13.2 Å². The third kappa shape index (κ3) is 2.19. The molecule has 1 heterocycles. The number of halogens is 4. The van der Waals surface area contributed by atoms with Gasteiger partial charge >= 0.3 is 0 Å². The van der Waals surface area contributed by atoms with Crippen LogP contribution in [0.1, 0.15) is 17.7 Å². The maximum Gasteiger partial charge on any atom is 0.268 e. The molecule has 0 atom stereocenters. The molecule has 0 spiro atoms. The Morgan fingerprint density at radius 3 is 2.62 bits per heavy atom. The quantitative estimate of drug-likeness (QED) is 0.824. The Labute approximate surface area is 81.1 Å². The van der Waals surface area contributed by atoms with Gasteiger partial charge in [-0.25, -0.2) is 18.2 Å². The van der Waals surface area contributed by atoms with Crippen LogP contribution in [0.3, 0.4) is 0 Å². The van der Waals surface area contributed by atoms with Crippen molar-refractivity contribution >= 4 is 15.9 Å². The fourth-order valence-corrected chi connectivity index (χ4v) is 1.34. The summed E-state index contributed by atoms with van der Waals surface area (Å²) >= 11 is 2.89. The van der Waals surface area contributed by atoms with Crippen LogP contribution in [-0.2, 0) is 6.54 Å². The van der Waals surface area contributed by atoms with E-state index >= 15 is 0 Å². The van der Waals surface area contributed by atoms with Gasteiger partial charge < -0.3 is 5.73 Å². The molecule has 0 unspecified atom stereocenters. The van der Waals surface area contributed by atoms with Crippen molar-refractivity contribution in [2.24, 2.45) is 5.73 Å². The van der Waals surface area contributed by atoms with E-state index in [0.29, 0.717) is 0 Å². The van der Waals surface area contributed by atoms with Crippen LogP contribution >= 0.6 is 15.9 Å². The van der Waals surface area contributed by atoms with Crippen molar-refractivity contribution in [2.75, 3.05) is 0 Å². The number of aromatic nitrogens is 1. The van der Waals surface area contributed by atoms with Crippen molar-refractivity contribution < 1.29 is 13.2 Å². The molecule has 0 aromatic carbocycles. The highest BCUT2D eigenvalue weighted by molar-refractivity contribution is 9.10. The fourth-order valence-electron chi connectivity index (χ4n) is 0.927. The zero-order valence-corrected chi connectivity index (χ0v) is 7.98. The molecule has 0 aliphatic heterocycles. The second-order valence-electron chi connectivity index (χ2n) is 2.29. The van der Waals surface area contributed by atoms with Gasteiger partial charge in [0, 0.05) is 12.6 Å². The molecular weight excluding hydrogens is 249 g/mol. The summed E-state index contributed by atoms with van der Waals surface area (Å²) < 4.78 is 37.6. The Morgan fingerprint density at radius 2 is 2.15 bits per heavy atom. The highest BCUT2D eigenvalue weighted by Gasteiger charge is 2.19. The summed E-state index contributed by atoms with van der Waals surface area (Å²) in [5.74, 6) is -0.989. The molecule has 0 aliphatic carbocycles. The minimum atomic E-state index is -2.89. The average Bonchev–Trinajstić information content (AvgIpc) is 2.01. The van der Waals surface area contributed by atoms with Crippen molar-refractivity contribution in [3.63, 3.8) is 0 Å². The second-order valence-corrected chi connectivity index (χ2v) is 3.10. The third-order valence-electron chi connectivity index (χ3n) is 1.47. The van der Waals surface area contributed by atoms with E-state index < -0.39 is 17.8 Å². The molecule has 72 valence electrons. The van der Waals surface area contributed by atoms with Crippen LogP contribution in [0.2, 0.25) is 0 Å². The maximum absolute atomic E-state index is 12.9. The van der Waals surface area contributed by atoms with E-state index in [1.165, 1.54) is 0 Å². The van der Waals surface area contributed by atoms with Gasteiger partial charge in [0.1, 0.15) is 10.4 Å². The highest BCUT2D eigenvalue weighted by atomic mass is 79.9. The predicted molar refractivity (Wildman–Crippen MR) is 44.7 cm³/mol. The molecule has 0 fully saturated rings. The van der Waals surface area contributed by atoms with Gasteiger partial charge in [-0.3, -0.25) is 0 Å². The lowest BCUT2D eigenvalue weighted by Gasteiger charge is -2.07. The maximum atomic E-state index is 12.9. The second kappa shape index (κ2) is 4.06. The molecular formula is C7H6BrF3N2. The van der Waals surface area contributed by atoms with Gasteiger partial charge in [-0.1, -0.05) is 0 Å². The van der Waals surface area contributed by atoms with E-state index in [0.717, 1.165) is 6.07 Å². The van der Waals surface area contributed by atoms with Crippen LogP contribution in [-0.4, -0.2) is 4.98 Å². The van der Waals surface area contributed by atoms with Crippen LogP contribution < -0.4 is 5.73 Å². The Kier molecular flexibility index (Phi) is 3.27. The molecule has 1 rings (SSSR count). The molecule has 0 amide bonds. The normalized spacial score (nSPS) is 10.9. The number of nitrogens with two attached hydrogens (primary N) is 1. The molecule has 6 heteroatoms. The van der Waals surface area contributed by atoms with Crippen LogP contribution in [0.15, 0.2) is 10.7 Å². The lowest BCUT2D eigenvalue weighted by molar-refractivity contribution is 0.144. The Balaban J connectivity index is 3.30. The number of hydrogen-bond acceptors (Lipinski definition) is 2. The topological polar surface area (TPSA) is 38.9 Å². The van der Waals surface area contributed by atoms with Crippen molar-refractivity contribution in [3.8, 4) is 0 Å². The Morgan fingerprint density at radius 1 is 1.54 bits per heavy atom. The van der Waals surface area contributed by atoms with Crippen molar-refractivity contribution in [3.05, 3.63) is 27.7 Å². The first-order valence-corrected chi connectivity index (χ1v) is 4.18. The van der Waals surface area contributed by atoms with Crippen LogP contribution in [0.5, 0.6) is 0 Å². The summed E-state index contributed by atoms with van der Waals surface area (Å²) in [6.07, 6.45) is -2.89. The van der Waals surface area contributed by atoms with E-state index in [1.807, 2.05) is 0 Å². The first kappa shape index (κ1) is 10.5. The minimum Gasteiger partial charge on any atom is -0.325 e. The number of hydrogen-bond donors (Lipinski definition) is 1. The first-order valence-electron chi connectivity index (χ1n) is 3.39.